The van der Waals surface area contributed by atoms with E-state index >= 15 is 0 Å². The van der Waals surface area contributed by atoms with Crippen LogP contribution in [0.25, 0.3) is 0 Å². The summed E-state index contributed by atoms with van der Waals surface area (Å²) < 4.78 is 10.1. The molecule has 0 aliphatic heterocycles. The van der Waals surface area contributed by atoms with E-state index in [1.54, 1.807) is 18.4 Å². The van der Waals surface area contributed by atoms with Crippen LogP contribution in [0.4, 0.5) is 10.5 Å². The zero-order chi connectivity index (χ0) is 13.0. The summed E-state index contributed by atoms with van der Waals surface area (Å²) in [6.45, 7) is 4.07. The molecule has 2 aromatic rings. The van der Waals surface area contributed by atoms with E-state index in [-0.39, 0.29) is 6.61 Å². The second kappa shape index (κ2) is 5.40. The van der Waals surface area contributed by atoms with Crippen molar-refractivity contribution in [3.05, 3.63) is 53.5 Å². The largest absolute Gasteiger partial charge is 0.466 e. The Morgan fingerprint density at radius 2 is 2.17 bits per heavy atom. The summed E-state index contributed by atoms with van der Waals surface area (Å²) in [6, 6.07) is 9.31. The molecule has 18 heavy (non-hydrogen) atoms. The van der Waals surface area contributed by atoms with E-state index in [4.69, 9.17) is 9.15 Å². The van der Waals surface area contributed by atoms with Crippen LogP contribution in [0.3, 0.4) is 0 Å². The smallest absolute Gasteiger partial charge is 0.412 e. The Kier molecular flexibility index (Phi) is 3.67. The Balaban J connectivity index is 1.91. The number of furan rings is 1. The molecule has 1 amide bonds. The molecular weight excluding hydrogens is 230 g/mol. The highest BCUT2D eigenvalue weighted by Crippen LogP contribution is 2.16. The molecule has 0 saturated heterocycles. The van der Waals surface area contributed by atoms with Crippen LogP contribution >= 0.6 is 0 Å². The third-order valence-electron chi connectivity index (χ3n) is 2.54. The van der Waals surface area contributed by atoms with Gasteiger partial charge < -0.3 is 9.15 Å². The SMILES string of the molecule is Cc1ccc(NC(=O)OCc2ccco2)c(C)c1. The van der Waals surface area contributed by atoms with Gasteiger partial charge in [-0.05, 0) is 37.6 Å². The highest BCUT2D eigenvalue weighted by Gasteiger charge is 2.06. The number of carbonyl (C=O) groups excluding carboxylic acids is 1. The first-order valence-corrected chi connectivity index (χ1v) is 5.68. The summed E-state index contributed by atoms with van der Waals surface area (Å²) in [6.07, 6.45) is 1.05. The van der Waals surface area contributed by atoms with Crippen LogP contribution in [-0.2, 0) is 11.3 Å². The van der Waals surface area contributed by atoms with Crippen LogP contribution in [0, 0.1) is 13.8 Å². The molecule has 1 aromatic heterocycles. The van der Waals surface area contributed by atoms with Crippen molar-refractivity contribution in [1.29, 1.82) is 0 Å². The van der Waals surface area contributed by atoms with Gasteiger partial charge in [0.1, 0.15) is 5.76 Å². The molecule has 4 nitrogen and oxygen atoms in total. The van der Waals surface area contributed by atoms with Gasteiger partial charge in [0.15, 0.2) is 6.61 Å². The summed E-state index contributed by atoms with van der Waals surface area (Å²) in [5, 5.41) is 2.70. The number of carbonyl (C=O) groups is 1. The molecule has 0 radical (unpaired) electrons. The van der Waals surface area contributed by atoms with E-state index in [0.29, 0.717) is 5.76 Å². The number of aryl methyl sites for hydroxylation is 2. The second-order valence-electron chi connectivity index (χ2n) is 4.10. The molecule has 0 fully saturated rings. The molecule has 0 aliphatic rings. The summed E-state index contributed by atoms with van der Waals surface area (Å²) >= 11 is 0. The minimum absolute atomic E-state index is 0.129. The third-order valence-corrected chi connectivity index (χ3v) is 2.54. The lowest BCUT2D eigenvalue weighted by Gasteiger charge is -2.09. The van der Waals surface area contributed by atoms with Crippen LogP contribution in [0.1, 0.15) is 16.9 Å². The molecule has 0 atom stereocenters. The van der Waals surface area contributed by atoms with Crippen LogP contribution in [0.5, 0.6) is 0 Å². The van der Waals surface area contributed by atoms with Crippen molar-refractivity contribution in [2.24, 2.45) is 0 Å². The minimum atomic E-state index is -0.488. The molecule has 1 heterocycles. The van der Waals surface area contributed by atoms with E-state index < -0.39 is 6.09 Å². The van der Waals surface area contributed by atoms with Crippen molar-refractivity contribution in [1.82, 2.24) is 0 Å². The standard InChI is InChI=1S/C14H15NO3/c1-10-5-6-13(11(2)8-10)15-14(16)18-9-12-4-3-7-17-12/h3-8H,9H2,1-2H3,(H,15,16). The maximum Gasteiger partial charge on any atom is 0.412 e. The highest BCUT2D eigenvalue weighted by molar-refractivity contribution is 5.85. The Bertz CT molecular complexity index is 532. The van der Waals surface area contributed by atoms with Gasteiger partial charge in [0.2, 0.25) is 0 Å². The number of hydrogen-bond donors (Lipinski definition) is 1. The lowest BCUT2D eigenvalue weighted by Crippen LogP contribution is -2.14. The van der Waals surface area contributed by atoms with Crippen LogP contribution < -0.4 is 5.32 Å². The molecule has 0 saturated carbocycles. The average Bonchev–Trinajstić information content (AvgIpc) is 2.83. The molecule has 1 aromatic carbocycles. The van der Waals surface area contributed by atoms with Gasteiger partial charge in [0, 0.05) is 5.69 Å². The van der Waals surface area contributed by atoms with Crippen molar-refractivity contribution in [3.63, 3.8) is 0 Å². The number of benzene rings is 1. The Morgan fingerprint density at radius 3 is 2.83 bits per heavy atom. The first-order valence-electron chi connectivity index (χ1n) is 5.68. The number of anilines is 1. The molecule has 0 aliphatic carbocycles. The molecular formula is C14H15NO3. The van der Waals surface area contributed by atoms with E-state index in [2.05, 4.69) is 5.32 Å². The van der Waals surface area contributed by atoms with E-state index in [1.165, 1.54) is 0 Å². The fourth-order valence-electron chi connectivity index (χ4n) is 1.63. The lowest BCUT2D eigenvalue weighted by molar-refractivity contribution is 0.146. The van der Waals surface area contributed by atoms with Gasteiger partial charge in [-0.2, -0.15) is 0 Å². The Hall–Kier alpha value is -2.23. The van der Waals surface area contributed by atoms with Gasteiger partial charge in [-0.3, -0.25) is 5.32 Å². The quantitative estimate of drug-likeness (QED) is 0.898. The number of amides is 1. The summed E-state index contributed by atoms with van der Waals surface area (Å²) in [7, 11) is 0. The number of rotatable bonds is 3. The van der Waals surface area contributed by atoms with Gasteiger partial charge in [-0.15, -0.1) is 0 Å². The highest BCUT2D eigenvalue weighted by atomic mass is 16.6. The topological polar surface area (TPSA) is 51.5 Å². The first kappa shape index (κ1) is 12.2. The molecule has 1 N–H and O–H groups in total. The van der Waals surface area contributed by atoms with Gasteiger partial charge >= 0.3 is 6.09 Å². The van der Waals surface area contributed by atoms with Crippen molar-refractivity contribution in [3.8, 4) is 0 Å². The first-order chi connectivity index (χ1) is 8.65. The number of nitrogens with one attached hydrogen (secondary N) is 1. The summed E-state index contributed by atoms with van der Waals surface area (Å²) in [5.74, 6) is 0.616. The Morgan fingerprint density at radius 1 is 1.33 bits per heavy atom. The second-order valence-corrected chi connectivity index (χ2v) is 4.10. The minimum Gasteiger partial charge on any atom is -0.466 e. The van der Waals surface area contributed by atoms with Gasteiger partial charge in [-0.25, -0.2) is 4.79 Å². The van der Waals surface area contributed by atoms with Crippen molar-refractivity contribution >= 4 is 11.8 Å². The maximum absolute atomic E-state index is 11.6. The molecule has 2 rings (SSSR count). The van der Waals surface area contributed by atoms with Crippen LogP contribution in [-0.4, -0.2) is 6.09 Å². The van der Waals surface area contributed by atoms with Gasteiger partial charge in [0.05, 0.1) is 6.26 Å². The molecule has 94 valence electrons. The van der Waals surface area contributed by atoms with Gasteiger partial charge in [-0.1, -0.05) is 17.7 Å². The normalized spacial score (nSPS) is 10.1. The molecule has 0 unspecified atom stereocenters. The average molecular weight is 245 g/mol. The van der Waals surface area contributed by atoms with Gasteiger partial charge in [0.25, 0.3) is 0 Å². The summed E-state index contributed by atoms with van der Waals surface area (Å²) in [4.78, 5) is 11.6. The Labute approximate surface area is 106 Å². The number of ether oxygens (including phenoxy) is 1. The van der Waals surface area contributed by atoms with Crippen molar-refractivity contribution in [2.75, 3.05) is 5.32 Å². The van der Waals surface area contributed by atoms with E-state index in [9.17, 15) is 4.79 Å². The zero-order valence-corrected chi connectivity index (χ0v) is 10.4. The fraction of sp³-hybridized carbons (Fsp3) is 0.214. The summed E-state index contributed by atoms with van der Waals surface area (Å²) in [5.41, 5.74) is 2.91. The maximum atomic E-state index is 11.6. The van der Waals surface area contributed by atoms with Crippen molar-refractivity contribution in [2.45, 2.75) is 20.5 Å². The van der Waals surface area contributed by atoms with E-state index in [1.807, 2.05) is 32.0 Å². The van der Waals surface area contributed by atoms with Crippen molar-refractivity contribution < 1.29 is 13.9 Å². The number of hydrogen-bond acceptors (Lipinski definition) is 3. The third kappa shape index (κ3) is 3.13. The predicted molar refractivity (Wildman–Crippen MR) is 68.4 cm³/mol. The lowest BCUT2D eigenvalue weighted by atomic mass is 10.1. The molecule has 0 bridgehead atoms. The zero-order valence-electron chi connectivity index (χ0n) is 10.4. The van der Waals surface area contributed by atoms with Crippen LogP contribution in [0.2, 0.25) is 0 Å². The molecule has 4 heteroatoms. The fourth-order valence-corrected chi connectivity index (χ4v) is 1.63. The monoisotopic (exact) mass is 245 g/mol. The predicted octanol–water partition coefficient (Wildman–Crippen LogP) is 3.65. The van der Waals surface area contributed by atoms with Crippen LogP contribution in [0.15, 0.2) is 41.0 Å². The van der Waals surface area contributed by atoms with E-state index in [0.717, 1.165) is 16.8 Å². The molecule has 0 spiro atoms.